The van der Waals surface area contributed by atoms with Crippen molar-refractivity contribution >= 4 is 0 Å². The number of rotatable bonds is 0. The molecule has 0 N–H and O–H groups in total. The number of hydrogen-bond acceptors (Lipinski definition) is 3. The second-order valence-electron chi connectivity index (χ2n) is 4.17. The average Bonchev–Trinajstić information content (AvgIpc) is 2.43. The van der Waals surface area contributed by atoms with E-state index in [4.69, 9.17) is 4.74 Å². The summed E-state index contributed by atoms with van der Waals surface area (Å²) in [5, 5.41) is 0. The van der Waals surface area contributed by atoms with Crippen LogP contribution in [0.4, 0.5) is 0 Å². The molecule has 3 heteroatoms. The molecule has 0 aliphatic carbocycles. The fraction of sp³-hybridized carbons (Fsp3) is 0.667. The van der Waals surface area contributed by atoms with Crippen LogP contribution < -0.4 is 4.74 Å². The molecule has 0 aromatic carbocycles. The minimum atomic E-state index is -0.116. The molecule has 1 aliphatic rings. The van der Waals surface area contributed by atoms with E-state index >= 15 is 0 Å². The lowest BCUT2D eigenvalue weighted by molar-refractivity contribution is 0.137. The van der Waals surface area contributed by atoms with Gasteiger partial charge in [-0.15, -0.1) is 0 Å². The Bertz CT molecular complexity index is 359. The lowest BCUT2D eigenvalue weighted by atomic mass is 10.1. The Morgan fingerprint density at radius 1 is 1.13 bits per heavy atom. The Morgan fingerprint density at radius 2 is 1.73 bits per heavy atom. The maximum atomic E-state index is 5.76. The first kappa shape index (κ1) is 12.0. The fourth-order valence-electron chi connectivity index (χ4n) is 1.74. The summed E-state index contributed by atoms with van der Waals surface area (Å²) in [5.74, 6) is 1.72. The molecule has 3 nitrogen and oxygen atoms in total. The molecule has 15 heavy (non-hydrogen) atoms. The number of aryl methyl sites for hydroxylation is 2. The van der Waals surface area contributed by atoms with Gasteiger partial charge in [0, 0.05) is 6.42 Å². The summed E-state index contributed by atoms with van der Waals surface area (Å²) in [4.78, 5) is 8.65. The third-order valence-corrected chi connectivity index (χ3v) is 2.19. The van der Waals surface area contributed by atoms with Crippen LogP contribution in [-0.2, 0) is 6.42 Å². The topological polar surface area (TPSA) is 35.0 Å². The highest BCUT2D eigenvalue weighted by Crippen LogP contribution is 2.35. The van der Waals surface area contributed by atoms with Gasteiger partial charge >= 0.3 is 0 Å². The van der Waals surface area contributed by atoms with Gasteiger partial charge in [0.15, 0.2) is 5.75 Å². The van der Waals surface area contributed by atoms with Crippen LogP contribution in [0.1, 0.15) is 44.9 Å². The second kappa shape index (κ2) is 4.17. The summed E-state index contributed by atoms with van der Waals surface area (Å²) >= 11 is 0. The summed E-state index contributed by atoms with van der Waals surface area (Å²) in [6.07, 6.45) is 0.881. The molecular weight excluding hydrogens is 188 g/mol. The normalized spacial score (nSPS) is 16.1. The van der Waals surface area contributed by atoms with Crippen LogP contribution in [0.15, 0.2) is 0 Å². The zero-order valence-electron chi connectivity index (χ0n) is 10.5. The van der Waals surface area contributed by atoms with E-state index in [0.29, 0.717) is 0 Å². The lowest BCUT2D eigenvalue weighted by Crippen LogP contribution is -2.24. The molecule has 1 aliphatic heterocycles. The number of fused-ring (bicyclic) bond motifs is 1. The number of nitrogens with zero attached hydrogens (tertiary/aromatic N) is 2. The van der Waals surface area contributed by atoms with Crippen LogP contribution in [0, 0.1) is 13.8 Å². The van der Waals surface area contributed by atoms with Crippen molar-refractivity contribution in [3.63, 3.8) is 0 Å². The average molecular weight is 208 g/mol. The number of hydrogen-bond donors (Lipinski definition) is 0. The molecule has 1 aromatic rings. The predicted octanol–water partition coefficient (Wildman–Crippen LogP) is 2.83. The van der Waals surface area contributed by atoms with Crippen LogP contribution in [0.2, 0.25) is 0 Å². The molecule has 2 rings (SSSR count). The van der Waals surface area contributed by atoms with E-state index in [1.807, 2.05) is 27.7 Å². The first-order chi connectivity index (χ1) is 6.98. The number of ether oxygens (including phenoxy) is 1. The maximum Gasteiger partial charge on any atom is 0.162 e. The quantitative estimate of drug-likeness (QED) is 0.657. The molecule has 2 heterocycles. The van der Waals surface area contributed by atoms with Crippen molar-refractivity contribution in [1.29, 1.82) is 0 Å². The largest absolute Gasteiger partial charge is 0.484 e. The Labute approximate surface area is 91.9 Å². The summed E-state index contributed by atoms with van der Waals surface area (Å²) in [6.45, 7) is 12.0. The van der Waals surface area contributed by atoms with E-state index in [1.54, 1.807) is 0 Å². The molecule has 0 saturated carbocycles. The van der Waals surface area contributed by atoms with Gasteiger partial charge in [0.25, 0.3) is 0 Å². The lowest BCUT2D eigenvalue weighted by Gasteiger charge is -2.16. The van der Waals surface area contributed by atoms with Gasteiger partial charge in [0.2, 0.25) is 0 Å². The molecule has 84 valence electrons. The minimum Gasteiger partial charge on any atom is -0.484 e. The highest BCUT2D eigenvalue weighted by atomic mass is 16.5. The van der Waals surface area contributed by atoms with Crippen molar-refractivity contribution < 1.29 is 4.74 Å². The van der Waals surface area contributed by atoms with E-state index in [-0.39, 0.29) is 5.60 Å². The van der Waals surface area contributed by atoms with Crippen molar-refractivity contribution in [2.24, 2.45) is 0 Å². The van der Waals surface area contributed by atoms with E-state index < -0.39 is 0 Å². The van der Waals surface area contributed by atoms with Gasteiger partial charge in [-0.2, -0.15) is 0 Å². The summed E-state index contributed by atoms with van der Waals surface area (Å²) < 4.78 is 5.76. The van der Waals surface area contributed by atoms with E-state index in [9.17, 15) is 0 Å². The summed E-state index contributed by atoms with van der Waals surface area (Å²) in [7, 11) is 0. The van der Waals surface area contributed by atoms with Gasteiger partial charge in [-0.3, -0.25) is 0 Å². The maximum absolute atomic E-state index is 5.76. The van der Waals surface area contributed by atoms with Gasteiger partial charge < -0.3 is 4.74 Å². The van der Waals surface area contributed by atoms with Crippen LogP contribution in [0.25, 0.3) is 0 Å². The molecule has 0 fully saturated rings. The molecule has 0 atom stereocenters. The first-order valence-corrected chi connectivity index (χ1v) is 5.51. The Balaban J connectivity index is 0.000000531. The monoisotopic (exact) mass is 208 g/mol. The van der Waals surface area contributed by atoms with Gasteiger partial charge in [0.1, 0.15) is 11.4 Å². The van der Waals surface area contributed by atoms with E-state index in [1.165, 1.54) is 0 Å². The molecule has 1 aromatic heterocycles. The Hall–Kier alpha value is -1.12. The van der Waals surface area contributed by atoms with Crippen LogP contribution in [0.3, 0.4) is 0 Å². The number of aromatic nitrogens is 2. The van der Waals surface area contributed by atoms with Crippen molar-refractivity contribution in [3.8, 4) is 5.75 Å². The molecule has 0 bridgehead atoms. The van der Waals surface area contributed by atoms with Crippen molar-refractivity contribution in [2.45, 2.75) is 53.6 Å². The van der Waals surface area contributed by atoms with Crippen LogP contribution in [0.5, 0.6) is 5.75 Å². The highest BCUT2D eigenvalue weighted by molar-refractivity contribution is 5.37. The molecule has 0 amide bonds. The smallest absolute Gasteiger partial charge is 0.162 e. The van der Waals surface area contributed by atoms with Crippen LogP contribution in [-0.4, -0.2) is 15.6 Å². The van der Waals surface area contributed by atoms with Gasteiger partial charge in [0.05, 0.1) is 11.4 Å². The second-order valence-corrected chi connectivity index (χ2v) is 4.17. The van der Waals surface area contributed by atoms with E-state index in [0.717, 1.165) is 29.4 Å². The van der Waals surface area contributed by atoms with Crippen molar-refractivity contribution in [1.82, 2.24) is 9.97 Å². The predicted molar refractivity (Wildman–Crippen MR) is 61.3 cm³/mol. The Morgan fingerprint density at radius 3 is 2.33 bits per heavy atom. The minimum absolute atomic E-state index is 0.116. The highest BCUT2D eigenvalue weighted by Gasteiger charge is 2.32. The molecule has 0 saturated heterocycles. The first-order valence-electron chi connectivity index (χ1n) is 5.51. The molecular formula is C12H20N2O. The van der Waals surface area contributed by atoms with Gasteiger partial charge in [-0.05, 0) is 27.7 Å². The SMILES string of the molecule is CC.Cc1nc(C)c2c(n1)CC(C)(C)O2. The van der Waals surface area contributed by atoms with Crippen molar-refractivity contribution in [2.75, 3.05) is 0 Å². The third-order valence-electron chi connectivity index (χ3n) is 2.19. The third kappa shape index (κ3) is 2.46. The Kier molecular flexibility index (Phi) is 3.32. The van der Waals surface area contributed by atoms with E-state index in [2.05, 4.69) is 23.8 Å². The zero-order chi connectivity index (χ0) is 11.6. The van der Waals surface area contributed by atoms with Crippen molar-refractivity contribution in [3.05, 3.63) is 17.2 Å². The van der Waals surface area contributed by atoms with Gasteiger partial charge in [-0.25, -0.2) is 9.97 Å². The molecule has 0 unspecified atom stereocenters. The van der Waals surface area contributed by atoms with Gasteiger partial charge in [-0.1, -0.05) is 13.8 Å². The summed E-state index contributed by atoms with van der Waals surface area (Å²) in [5.41, 5.74) is 1.89. The zero-order valence-corrected chi connectivity index (χ0v) is 10.5. The van der Waals surface area contributed by atoms with Crippen LogP contribution >= 0.6 is 0 Å². The molecule has 0 spiro atoms. The fourth-order valence-corrected chi connectivity index (χ4v) is 1.74. The molecule has 0 radical (unpaired) electrons. The standard InChI is InChI=1S/C10H14N2O.C2H6/c1-6-9-8(12-7(2)11-6)5-10(3,4)13-9;1-2/h5H2,1-4H3;1-2H3. The summed E-state index contributed by atoms with van der Waals surface area (Å²) in [6, 6.07) is 0.